The molecule has 0 bridgehead atoms. The fourth-order valence-corrected chi connectivity index (χ4v) is 0.624. The summed E-state index contributed by atoms with van der Waals surface area (Å²) in [5, 5.41) is 7.56. The predicted molar refractivity (Wildman–Crippen MR) is 59.6 cm³/mol. The lowest BCUT2D eigenvalue weighted by Crippen LogP contribution is -2.08. The first-order valence-electron chi connectivity index (χ1n) is 4.17. The van der Waals surface area contributed by atoms with Crippen LogP contribution < -0.4 is 0 Å². The second-order valence-electron chi connectivity index (χ2n) is 2.40. The molecule has 0 spiro atoms. The quantitative estimate of drug-likeness (QED) is 0.297. The Morgan fingerprint density at radius 2 is 1.29 bits per heavy atom. The third-order valence-corrected chi connectivity index (χ3v) is 1.57. The van der Waals surface area contributed by atoms with E-state index in [1.54, 1.807) is 13.8 Å². The fourth-order valence-electron chi connectivity index (χ4n) is 0.486. The number of oxime groups is 2. The molecule has 0 rings (SSSR count). The molecule has 0 aromatic carbocycles. The summed E-state index contributed by atoms with van der Waals surface area (Å²) in [4.78, 5) is 9.73. The highest BCUT2D eigenvalue weighted by molar-refractivity contribution is 6.40. The molecule has 0 aliphatic carbocycles. The van der Waals surface area contributed by atoms with Crippen LogP contribution in [0.2, 0.25) is 0 Å². The smallest absolute Gasteiger partial charge is 0.130 e. The van der Waals surface area contributed by atoms with E-state index in [9.17, 15) is 0 Å². The molecule has 0 N–H and O–H groups in total. The highest BCUT2D eigenvalue weighted by Crippen LogP contribution is 1.89. The average Bonchev–Trinajstić information content (AvgIpc) is 2.18. The molecule has 0 aliphatic rings. The lowest BCUT2D eigenvalue weighted by atomic mass is 10.3. The molecule has 14 heavy (non-hydrogen) atoms. The number of hydrogen-bond donors (Lipinski definition) is 0. The molecule has 0 aromatic heterocycles. The molecule has 0 atom stereocenters. The van der Waals surface area contributed by atoms with Crippen molar-refractivity contribution in [3.63, 3.8) is 0 Å². The van der Waals surface area contributed by atoms with Crippen molar-refractivity contribution in [3.8, 4) is 0 Å². The zero-order chi connectivity index (χ0) is 10.8. The third kappa shape index (κ3) is 6.97. The van der Waals surface area contributed by atoms with E-state index in [0.29, 0.717) is 36.4 Å². The summed E-state index contributed by atoms with van der Waals surface area (Å²) in [6.07, 6.45) is 0. The van der Waals surface area contributed by atoms with E-state index in [1.807, 2.05) is 0 Å². The van der Waals surface area contributed by atoms with Crippen molar-refractivity contribution < 1.29 is 9.68 Å². The monoisotopic (exact) mass is 240 g/mol. The van der Waals surface area contributed by atoms with Gasteiger partial charge >= 0.3 is 0 Å². The zero-order valence-corrected chi connectivity index (χ0v) is 9.81. The Bertz CT molecular complexity index is 186. The predicted octanol–water partition coefficient (Wildman–Crippen LogP) is 2.25. The average molecular weight is 241 g/mol. The number of nitrogens with zero attached hydrogens (tertiary/aromatic N) is 2. The molecule has 0 radical (unpaired) electrons. The number of halogens is 2. The number of alkyl halides is 2. The summed E-state index contributed by atoms with van der Waals surface area (Å²) < 4.78 is 0. The Balaban J connectivity index is 3.89. The molecule has 0 unspecified atom stereocenters. The topological polar surface area (TPSA) is 43.2 Å². The van der Waals surface area contributed by atoms with Crippen LogP contribution in [0.4, 0.5) is 0 Å². The first kappa shape index (κ1) is 13.5. The van der Waals surface area contributed by atoms with Crippen LogP contribution in [0.5, 0.6) is 0 Å². The molecule has 0 saturated heterocycles. The lowest BCUT2D eigenvalue weighted by Gasteiger charge is -2.00. The zero-order valence-electron chi connectivity index (χ0n) is 8.30. The standard InChI is InChI=1S/C8H14Cl2N2O2/c1-7(11-13-5-3-9)8(2)12-14-6-4-10/h3-6H2,1-2H3/b11-7-,12-8-. The SMILES string of the molecule is CC(=N/OCCCl)/C(C)=N\OCCCl. The maximum absolute atomic E-state index is 5.40. The van der Waals surface area contributed by atoms with Crippen LogP contribution in [0.25, 0.3) is 0 Å². The van der Waals surface area contributed by atoms with Gasteiger partial charge in [-0.1, -0.05) is 10.3 Å². The van der Waals surface area contributed by atoms with E-state index in [1.165, 1.54) is 0 Å². The minimum Gasteiger partial charge on any atom is -0.394 e. The minimum atomic E-state index is 0.384. The van der Waals surface area contributed by atoms with Gasteiger partial charge in [0.25, 0.3) is 0 Å². The molecule has 0 aliphatic heterocycles. The first-order chi connectivity index (χ1) is 6.72. The molecular weight excluding hydrogens is 227 g/mol. The van der Waals surface area contributed by atoms with E-state index in [-0.39, 0.29) is 0 Å². The summed E-state index contributed by atoms with van der Waals surface area (Å²) in [6.45, 7) is 4.32. The Morgan fingerprint density at radius 3 is 1.57 bits per heavy atom. The van der Waals surface area contributed by atoms with Crippen LogP contribution in [0, 0.1) is 0 Å². The van der Waals surface area contributed by atoms with Gasteiger partial charge in [-0.3, -0.25) is 0 Å². The maximum atomic E-state index is 5.40. The molecule has 0 heterocycles. The molecule has 0 amide bonds. The van der Waals surface area contributed by atoms with Gasteiger partial charge in [0.05, 0.1) is 11.8 Å². The van der Waals surface area contributed by atoms with Crippen molar-refractivity contribution in [2.45, 2.75) is 13.8 Å². The number of rotatable bonds is 7. The van der Waals surface area contributed by atoms with Gasteiger partial charge in [-0.15, -0.1) is 23.2 Å². The van der Waals surface area contributed by atoms with Crippen molar-refractivity contribution in [1.82, 2.24) is 0 Å². The van der Waals surface area contributed by atoms with Crippen molar-refractivity contribution in [3.05, 3.63) is 0 Å². The van der Waals surface area contributed by atoms with E-state index < -0.39 is 0 Å². The molecule has 6 heteroatoms. The normalized spacial score (nSPS) is 12.9. The van der Waals surface area contributed by atoms with Crippen LogP contribution in [-0.4, -0.2) is 36.4 Å². The third-order valence-electron chi connectivity index (χ3n) is 1.26. The van der Waals surface area contributed by atoms with Crippen LogP contribution in [0.1, 0.15) is 13.8 Å². The molecule has 0 saturated carbocycles. The summed E-state index contributed by atoms with van der Waals surface area (Å²) in [7, 11) is 0. The maximum Gasteiger partial charge on any atom is 0.130 e. The summed E-state index contributed by atoms with van der Waals surface area (Å²) in [5.41, 5.74) is 1.31. The molecule has 0 aromatic rings. The molecule has 82 valence electrons. The van der Waals surface area contributed by atoms with Gasteiger partial charge in [-0.2, -0.15) is 0 Å². The summed E-state index contributed by atoms with van der Waals surface area (Å²) in [5.74, 6) is 0.825. The Hall–Kier alpha value is -0.480. The van der Waals surface area contributed by atoms with Gasteiger partial charge in [0.15, 0.2) is 0 Å². The van der Waals surface area contributed by atoms with Crippen LogP contribution in [0.3, 0.4) is 0 Å². The minimum absolute atomic E-state index is 0.384. The highest BCUT2D eigenvalue weighted by atomic mass is 35.5. The van der Waals surface area contributed by atoms with Gasteiger partial charge in [-0.25, -0.2) is 0 Å². The van der Waals surface area contributed by atoms with Crippen molar-refractivity contribution in [1.29, 1.82) is 0 Å². The Kier molecular flexibility index (Phi) is 8.78. The van der Waals surface area contributed by atoms with Gasteiger partial charge in [0.2, 0.25) is 0 Å². The van der Waals surface area contributed by atoms with E-state index in [2.05, 4.69) is 10.3 Å². The highest BCUT2D eigenvalue weighted by Gasteiger charge is 1.97. The number of hydrogen-bond acceptors (Lipinski definition) is 4. The molecule has 4 nitrogen and oxygen atoms in total. The van der Waals surface area contributed by atoms with Gasteiger partial charge in [-0.05, 0) is 13.8 Å². The molecule has 0 fully saturated rings. The summed E-state index contributed by atoms with van der Waals surface area (Å²) >= 11 is 10.8. The fraction of sp³-hybridized carbons (Fsp3) is 0.750. The molecular formula is C8H14Cl2N2O2. The lowest BCUT2D eigenvalue weighted by molar-refractivity contribution is 0.157. The van der Waals surface area contributed by atoms with Crippen molar-refractivity contribution in [2.24, 2.45) is 10.3 Å². The largest absolute Gasteiger partial charge is 0.394 e. The summed E-state index contributed by atoms with van der Waals surface area (Å²) in [6, 6.07) is 0. The Morgan fingerprint density at radius 1 is 0.929 bits per heavy atom. The van der Waals surface area contributed by atoms with Crippen LogP contribution in [-0.2, 0) is 9.68 Å². The van der Waals surface area contributed by atoms with E-state index in [0.717, 1.165) is 0 Å². The second-order valence-corrected chi connectivity index (χ2v) is 3.15. The van der Waals surface area contributed by atoms with Gasteiger partial charge in [0.1, 0.15) is 24.6 Å². The second kappa shape index (κ2) is 9.09. The van der Waals surface area contributed by atoms with E-state index in [4.69, 9.17) is 32.9 Å². The van der Waals surface area contributed by atoms with Crippen molar-refractivity contribution >= 4 is 34.6 Å². The van der Waals surface area contributed by atoms with Gasteiger partial charge < -0.3 is 9.68 Å². The van der Waals surface area contributed by atoms with Crippen LogP contribution in [0.15, 0.2) is 10.3 Å². The van der Waals surface area contributed by atoms with Gasteiger partial charge in [0, 0.05) is 0 Å². The van der Waals surface area contributed by atoms with E-state index >= 15 is 0 Å². The van der Waals surface area contributed by atoms with Crippen molar-refractivity contribution in [2.75, 3.05) is 25.0 Å². The Labute approximate surface area is 93.8 Å². The first-order valence-corrected chi connectivity index (χ1v) is 5.24. The van der Waals surface area contributed by atoms with Crippen LogP contribution >= 0.6 is 23.2 Å².